The summed E-state index contributed by atoms with van der Waals surface area (Å²) in [5, 5.41) is 3.51. The van der Waals surface area contributed by atoms with Crippen LogP contribution in [-0.4, -0.2) is 12.6 Å². The van der Waals surface area contributed by atoms with Crippen molar-refractivity contribution in [1.82, 2.24) is 5.32 Å². The Hall–Kier alpha value is -0.340. The molecule has 1 saturated carbocycles. The summed E-state index contributed by atoms with van der Waals surface area (Å²) in [4.78, 5) is 0. The van der Waals surface area contributed by atoms with Gasteiger partial charge in [-0.2, -0.15) is 0 Å². The molecule has 0 saturated heterocycles. The van der Waals surface area contributed by atoms with Crippen molar-refractivity contribution < 1.29 is 0 Å². The zero-order valence-corrected chi connectivity index (χ0v) is 9.18. The normalized spacial score (nSPS) is 16.1. The zero-order valence-electron chi connectivity index (χ0n) is 7.59. The molecule has 1 nitrogen and oxygen atoms in total. The van der Waals surface area contributed by atoms with Gasteiger partial charge in [0, 0.05) is 10.5 Å². The highest BCUT2D eigenvalue weighted by atomic mass is 79.9. The fraction of sp³-hybridized carbons (Fsp3) is 0.455. The van der Waals surface area contributed by atoms with Crippen LogP contribution in [0.2, 0.25) is 0 Å². The van der Waals surface area contributed by atoms with Gasteiger partial charge in [-0.1, -0.05) is 28.1 Å². The van der Waals surface area contributed by atoms with E-state index < -0.39 is 0 Å². The second-order valence-electron chi connectivity index (χ2n) is 3.60. The van der Waals surface area contributed by atoms with Gasteiger partial charge in [-0.15, -0.1) is 0 Å². The Kier molecular flexibility index (Phi) is 3.01. The first-order valence-electron chi connectivity index (χ1n) is 4.82. The Bertz CT molecular complexity index is 264. The summed E-state index contributed by atoms with van der Waals surface area (Å²) in [5.74, 6) is 0. The first-order valence-corrected chi connectivity index (χ1v) is 5.62. The van der Waals surface area contributed by atoms with Crippen molar-refractivity contribution in [3.05, 3.63) is 34.3 Å². The largest absolute Gasteiger partial charge is 0.314 e. The topological polar surface area (TPSA) is 12.0 Å². The Labute approximate surface area is 87.7 Å². The van der Waals surface area contributed by atoms with Gasteiger partial charge >= 0.3 is 0 Å². The minimum Gasteiger partial charge on any atom is -0.314 e. The van der Waals surface area contributed by atoms with E-state index in [1.165, 1.54) is 18.4 Å². The van der Waals surface area contributed by atoms with Gasteiger partial charge in [-0.25, -0.2) is 0 Å². The van der Waals surface area contributed by atoms with Crippen molar-refractivity contribution in [2.75, 3.05) is 6.54 Å². The maximum atomic E-state index is 3.51. The molecule has 0 atom stereocenters. The Morgan fingerprint density at radius 2 is 1.92 bits per heavy atom. The lowest BCUT2D eigenvalue weighted by molar-refractivity contribution is 0.682. The first-order chi connectivity index (χ1) is 6.34. The van der Waals surface area contributed by atoms with E-state index in [2.05, 4.69) is 45.5 Å². The number of hydrogen-bond donors (Lipinski definition) is 1. The fourth-order valence-corrected chi connectivity index (χ4v) is 1.62. The van der Waals surface area contributed by atoms with E-state index in [0.717, 1.165) is 23.5 Å². The van der Waals surface area contributed by atoms with Crippen LogP contribution in [0.4, 0.5) is 0 Å². The highest BCUT2D eigenvalue weighted by Crippen LogP contribution is 2.18. The summed E-state index contributed by atoms with van der Waals surface area (Å²) in [6.07, 6.45) is 3.89. The van der Waals surface area contributed by atoms with Gasteiger partial charge in [0.2, 0.25) is 0 Å². The van der Waals surface area contributed by atoms with Crippen molar-refractivity contribution in [3.63, 3.8) is 0 Å². The lowest BCUT2D eigenvalue weighted by Crippen LogP contribution is -2.19. The van der Waals surface area contributed by atoms with Crippen LogP contribution in [0.25, 0.3) is 0 Å². The van der Waals surface area contributed by atoms with Crippen molar-refractivity contribution in [1.29, 1.82) is 0 Å². The van der Waals surface area contributed by atoms with Gasteiger partial charge in [0.15, 0.2) is 0 Å². The minimum atomic E-state index is 0.829. The summed E-state index contributed by atoms with van der Waals surface area (Å²) < 4.78 is 1.16. The molecule has 0 aliphatic heterocycles. The van der Waals surface area contributed by atoms with Crippen LogP contribution in [0.5, 0.6) is 0 Å². The van der Waals surface area contributed by atoms with Crippen LogP contribution in [0, 0.1) is 0 Å². The van der Waals surface area contributed by atoms with Gasteiger partial charge in [0.05, 0.1) is 0 Å². The predicted octanol–water partition coefficient (Wildman–Crippen LogP) is 2.74. The molecule has 0 radical (unpaired) electrons. The molecule has 13 heavy (non-hydrogen) atoms. The molecular formula is C11H14BrN. The number of benzene rings is 1. The molecule has 0 aromatic heterocycles. The van der Waals surface area contributed by atoms with Crippen LogP contribution in [0.15, 0.2) is 28.7 Å². The average molecular weight is 240 g/mol. The van der Waals surface area contributed by atoms with Crippen molar-refractivity contribution in [2.24, 2.45) is 0 Å². The molecule has 1 N–H and O–H groups in total. The first kappa shape index (κ1) is 9.22. The van der Waals surface area contributed by atoms with E-state index in [-0.39, 0.29) is 0 Å². The van der Waals surface area contributed by atoms with Crippen LogP contribution in [0.1, 0.15) is 18.4 Å². The summed E-state index contributed by atoms with van der Waals surface area (Å²) in [5.41, 5.74) is 1.41. The van der Waals surface area contributed by atoms with Gasteiger partial charge in [0.1, 0.15) is 0 Å². The lowest BCUT2D eigenvalue weighted by atomic mass is 10.1. The van der Waals surface area contributed by atoms with E-state index in [4.69, 9.17) is 0 Å². The molecule has 0 heterocycles. The maximum Gasteiger partial charge on any atom is 0.0175 e. The molecule has 1 aliphatic carbocycles. The molecule has 70 valence electrons. The molecule has 1 aliphatic rings. The van der Waals surface area contributed by atoms with E-state index in [1.807, 2.05) is 0 Å². The second kappa shape index (κ2) is 4.25. The molecule has 0 bridgehead atoms. The number of halogens is 1. The summed E-state index contributed by atoms with van der Waals surface area (Å²) in [7, 11) is 0. The summed E-state index contributed by atoms with van der Waals surface area (Å²) >= 11 is 3.43. The molecule has 0 spiro atoms. The molecule has 1 aromatic rings. The molecular weight excluding hydrogens is 226 g/mol. The zero-order chi connectivity index (χ0) is 9.10. The molecule has 1 aromatic carbocycles. The van der Waals surface area contributed by atoms with E-state index in [1.54, 1.807) is 0 Å². The number of rotatable bonds is 4. The van der Waals surface area contributed by atoms with Gasteiger partial charge < -0.3 is 5.32 Å². The number of hydrogen-bond acceptors (Lipinski definition) is 1. The third-order valence-electron chi connectivity index (χ3n) is 2.34. The quantitative estimate of drug-likeness (QED) is 0.853. The smallest absolute Gasteiger partial charge is 0.0175 e. The Morgan fingerprint density at radius 3 is 2.54 bits per heavy atom. The van der Waals surface area contributed by atoms with Gasteiger partial charge in [-0.05, 0) is 43.5 Å². The SMILES string of the molecule is Brc1ccc(CCNC2CC2)cc1. The van der Waals surface area contributed by atoms with Crippen molar-refractivity contribution in [3.8, 4) is 0 Å². The Morgan fingerprint density at radius 1 is 1.23 bits per heavy atom. The van der Waals surface area contributed by atoms with Crippen LogP contribution in [-0.2, 0) is 6.42 Å². The molecule has 2 heteroatoms. The van der Waals surface area contributed by atoms with Crippen LogP contribution in [0.3, 0.4) is 0 Å². The van der Waals surface area contributed by atoms with Crippen molar-refractivity contribution in [2.45, 2.75) is 25.3 Å². The predicted molar refractivity (Wildman–Crippen MR) is 58.9 cm³/mol. The molecule has 1 fully saturated rings. The highest BCUT2D eigenvalue weighted by molar-refractivity contribution is 9.10. The van der Waals surface area contributed by atoms with Crippen LogP contribution >= 0.6 is 15.9 Å². The Balaban J connectivity index is 1.76. The third kappa shape index (κ3) is 3.12. The maximum absolute atomic E-state index is 3.51. The highest BCUT2D eigenvalue weighted by Gasteiger charge is 2.19. The summed E-state index contributed by atoms with van der Waals surface area (Å²) in [6, 6.07) is 9.39. The van der Waals surface area contributed by atoms with Crippen LogP contribution < -0.4 is 5.32 Å². The fourth-order valence-electron chi connectivity index (χ4n) is 1.36. The van der Waals surface area contributed by atoms with Crippen molar-refractivity contribution >= 4 is 15.9 Å². The van der Waals surface area contributed by atoms with E-state index >= 15 is 0 Å². The third-order valence-corrected chi connectivity index (χ3v) is 2.87. The van der Waals surface area contributed by atoms with Gasteiger partial charge in [-0.3, -0.25) is 0 Å². The average Bonchev–Trinajstić information content (AvgIpc) is 2.92. The molecule has 0 unspecified atom stereocenters. The second-order valence-corrected chi connectivity index (χ2v) is 4.52. The monoisotopic (exact) mass is 239 g/mol. The minimum absolute atomic E-state index is 0.829. The number of nitrogens with one attached hydrogen (secondary N) is 1. The molecule has 0 amide bonds. The standard InChI is InChI=1S/C11H14BrN/c12-10-3-1-9(2-4-10)7-8-13-11-5-6-11/h1-4,11,13H,5-8H2. The summed E-state index contributed by atoms with van der Waals surface area (Å²) in [6.45, 7) is 1.12. The van der Waals surface area contributed by atoms with E-state index in [9.17, 15) is 0 Å². The molecule has 2 rings (SSSR count). The van der Waals surface area contributed by atoms with Gasteiger partial charge in [0.25, 0.3) is 0 Å². The van der Waals surface area contributed by atoms with E-state index in [0.29, 0.717) is 0 Å². The lowest BCUT2D eigenvalue weighted by Gasteiger charge is -2.02.